The molecule has 27 heavy (non-hydrogen) atoms. The van der Waals surface area contributed by atoms with Gasteiger partial charge in [0, 0.05) is 30.4 Å². The van der Waals surface area contributed by atoms with Crippen molar-refractivity contribution in [3.8, 4) is 11.5 Å². The fourth-order valence-electron chi connectivity index (χ4n) is 4.01. The van der Waals surface area contributed by atoms with Crippen LogP contribution in [0.25, 0.3) is 0 Å². The third-order valence-corrected chi connectivity index (χ3v) is 6.64. The maximum Gasteiger partial charge on any atom is 0.163 e. The molecule has 4 nitrogen and oxygen atoms in total. The van der Waals surface area contributed by atoms with Gasteiger partial charge in [-0.15, -0.1) is 11.8 Å². The largest absolute Gasteiger partial charge is 0.486 e. The average molecular weight is 407 g/mol. The van der Waals surface area contributed by atoms with E-state index in [2.05, 4.69) is 40.5 Å². The van der Waals surface area contributed by atoms with Gasteiger partial charge >= 0.3 is 0 Å². The van der Waals surface area contributed by atoms with E-state index in [0.717, 1.165) is 43.6 Å². The molecular formula is C21H27ClN2O2S. The van der Waals surface area contributed by atoms with Gasteiger partial charge in [-0.2, -0.15) is 0 Å². The summed E-state index contributed by atoms with van der Waals surface area (Å²) >= 11 is 7.97. The minimum atomic E-state index is 0.0727. The van der Waals surface area contributed by atoms with Crippen LogP contribution in [-0.4, -0.2) is 60.3 Å². The molecule has 0 spiro atoms. The van der Waals surface area contributed by atoms with Crippen molar-refractivity contribution < 1.29 is 9.47 Å². The van der Waals surface area contributed by atoms with Crippen molar-refractivity contribution >= 4 is 23.4 Å². The summed E-state index contributed by atoms with van der Waals surface area (Å²) in [7, 11) is 0. The van der Waals surface area contributed by atoms with Crippen molar-refractivity contribution in [3.63, 3.8) is 0 Å². The van der Waals surface area contributed by atoms with Gasteiger partial charge in [0.05, 0.1) is 5.37 Å². The lowest BCUT2D eigenvalue weighted by Crippen LogP contribution is -2.45. The maximum absolute atomic E-state index is 6.11. The molecule has 0 bridgehead atoms. The van der Waals surface area contributed by atoms with Crippen LogP contribution in [0.15, 0.2) is 42.6 Å². The maximum atomic E-state index is 6.11. The Bertz CT molecular complexity index is 703. The standard InChI is InChI=1S/C21H27ClN2O2S/c1-27-21-4-2-3-9-24(21)13-16-7-10-23(11-8-16)14-18-15-25-19-6-5-17(22)12-20(19)26-18/h2-6,9,12,16,18,21H,7-8,10-11,13-15H2,1H3. The number of nitrogens with zero attached hydrogens (tertiary/aromatic N) is 2. The number of rotatable bonds is 5. The summed E-state index contributed by atoms with van der Waals surface area (Å²) in [5.74, 6) is 2.32. The van der Waals surface area contributed by atoms with Crippen molar-refractivity contribution in [1.82, 2.24) is 9.80 Å². The van der Waals surface area contributed by atoms with E-state index in [1.807, 2.05) is 30.0 Å². The number of benzene rings is 1. The van der Waals surface area contributed by atoms with Crippen LogP contribution in [-0.2, 0) is 0 Å². The molecule has 0 saturated carbocycles. The van der Waals surface area contributed by atoms with Crippen molar-refractivity contribution in [2.45, 2.75) is 24.3 Å². The highest BCUT2D eigenvalue weighted by Gasteiger charge is 2.27. The van der Waals surface area contributed by atoms with Crippen LogP contribution in [0.2, 0.25) is 5.02 Å². The molecule has 3 aliphatic rings. The summed E-state index contributed by atoms with van der Waals surface area (Å²) in [5.41, 5.74) is 0. The van der Waals surface area contributed by atoms with Crippen LogP contribution in [0, 0.1) is 5.92 Å². The number of likely N-dealkylation sites (tertiary alicyclic amines) is 1. The van der Waals surface area contributed by atoms with Crippen LogP contribution in [0.5, 0.6) is 11.5 Å². The fourth-order valence-corrected chi connectivity index (χ4v) is 4.85. The van der Waals surface area contributed by atoms with E-state index in [-0.39, 0.29) is 6.10 Å². The molecule has 1 fully saturated rings. The summed E-state index contributed by atoms with van der Waals surface area (Å²) in [6.45, 7) is 4.93. The summed E-state index contributed by atoms with van der Waals surface area (Å²) in [5, 5.41) is 1.16. The molecule has 0 amide bonds. The van der Waals surface area contributed by atoms with E-state index >= 15 is 0 Å². The predicted molar refractivity (Wildman–Crippen MR) is 113 cm³/mol. The second-order valence-electron chi connectivity index (χ2n) is 7.44. The molecule has 0 aliphatic carbocycles. The zero-order chi connectivity index (χ0) is 18.6. The van der Waals surface area contributed by atoms with Crippen molar-refractivity contribution in [3.05, 3.63) is 47.6 Å². The van der Waals surface area contributed by atoms with E-state index in [4.69, 9.17) is 21.1 Å². The quantitative estimate of drug-likeness (QED) is 0.727. The van der Waals surface area contributed by atoms with E-state index in [9.17, 15) is 0 Å². The molecule has 3 heterocycles. The fraction of sp³-hybridized carbons (Fsp3) is 0.524. The number of hydrogen-bond donors (Lipinski definition) is 0. The molecule has 0 aromatic heterocycles. The van der Waals surface area contributed by atoms with Gasteiger partial charge in [-0.25, -0.2) is 0 Å². The van der Waals surface area contributed by atoms with Crippen LogP contribution in [0.3, 0.4) is 0 Å². The predicted octanol–water partition coefficient (Wildman–Crippen LogP) is 4.27. The average Bonchev–Trinajstić information content (AvgIpc) is 2.69. The van der Waals surface area contributed by atoms with Gasteiger partial charge in [0.15, 0.2) is 11.5 Å². The first kappa shape index (κ1) is 19.0. The van der Waals surface area contributed by atoms with Crippen molar-refractivity contribution in [1.29, 1.82) is 0 Å². The molecule has 1 aromatic carbocycles. The molecule has 2 unspecified atom stereocenters. The molecule has 1 saturated heterocycles. The zero-order valence-electron chi connectivity index (χ0n) is 15.7. The normalized spacial score (nSPS) is 25.8. The number of fused-ring (bicyclic) bond motifs is 1. The Balaban J connectivity index is 1.24. The topological polar surface area (TPSA) is 24.9 Å². The van der Waals surface area contributed by atoms with Gasteiger partial charge in [-0.3, -0.25) is 4.90 Å². The number of hydrogen-bond acceptors (Lipinski definition) is 5. The Morgan fingerprint density at radius 3 is 2.81 bits per heavy atom. The van der Waals surface area contributed by atoms with Gasteiger partial charge in [0.25, 0.3) is 0 Å². The highest BCUT2D eigenvalue weighted by molar-refractivity contribution is 7.99. The molecule has 0 N–H and O–H groups in total. The molecule has 0 radical (unpaired) electrons. The molecule has 1 aromatic rings. The Kier molecular flexibility index (Phi) is 6.21. The molecular weight excluding hydrogens is 380 g/mol. The Morgan fingerprint density at radius 2 is 2.00 bits per heavy atom. The lowest BCUT2D eigenvalue weighted by molar-refractivity contribution is 0.0460. The van der Waals surface area contributed by atoms with Crippen LogP contribution < -0.4 is 9.47 Å². The third kappa shape index (κ3) is 4.76. The summed E-state index contributed by atoms with van der Waals surface area (Å²) < 4.78 is 12.0. The molecule has 4 rings (SSSR count). The second-order valence-corrected chi connectivity index (χ2v) is 8.83. The minimum Gasteiger partial charge on any atom is -0.486 e. The van der Waals surface area contributed by atoms with Gasteiger partial charge in [-0.05, 0) is 56.3 Å². The lowest BCUT2D eigenvalue weighted by Gasteiger charge is -2.38. The minimum absolute atomic E-state index is 0.0727. The Labute approximate surface area is 171 Å². The SMILES string of the molecule is CSC1C=CC=CN1CC1CCN(CC2COc3ccc(Cl)cc3O2)CC1. The van der Waals surface area contributed by atoms with Gasteiger partial charge in [0.1, 0.15) is 12.7 Å². The number of thioether (sulfide) groups is 1. The highest BCUT2D eigenvalue weighted by Crippen LogP contribution is 2.34. The molecule has 3 aliphatic heterocycles. The number of ether oxygens (including phenoxy) is 2. The van der Waals surface area contributed by atoms with E-state index in [1.165, 1.54) is 12.8 Å². The number of allylic oxidation sites excluding steroid dienone is 2. The van der Waals surface area contributed by atoms with Crippen LogP contribution in [0.4, 0.5) is 0 Å². The Morgan fingerprint density at radius 1 is 1.15 bits per heavy atom. The van der Waals surface area contributed by atoms with Gasteiger partial charge in [-0.1, -0.05) is 23.8 Å². The molecule has 6 heteroatoms. The first-order chi connectivity index (χ1) is 13.2. The second kappa shape index (κ2) is 8.80. The summed E-state index contributed by atoms with van der Waals surface area (Å²) in [6.07, 6.45) is 13.6. The summed E-state index contributed by atoms with van der Waals surface area (Å²) in [6, 6.07) is 5.56. The van der Waals surface area contributed by atoms with Crippen LogP contribution >= 0.6 is 23.4 Å². The van der Waals surface area contributed by atoms with Crippen molar-refractivity contribution in [2.75, 3.05) is 39.0 Å². The number of piperidine rings is 1. The Hall–Kier alpha value is -1.30. The zero-order valence-corrected chi connectivity index (χ0v) is 17.3. The number of halogens is 1. The first-order valence-electron chi connectivity index (χ1n) is 9.66. The first-order valence-corrected chi connectivity index (χ1v) is 11.3. The third-order valence-electron chi connectivity index (χ3n) is 5.49. The van der Waals surface area contributed by atoms with E-state index in [0.29, 0.717) is 17.0 Å². The molecule has 146 valence electrons. The monoisotopic (exact) mass is 406 g/mol. The van der Waals surface area contributed by atoms with E-state index < -0.39 is 0 Å². The lowest BCUT2D eigenvalue weighted by atomic mass is 9.96. The van der Waals surface area contributed by atoms with Gasteiger partial charge in [0.2, 0.25) is 0 Å². The van der Waals surface area contributed by atoms with Crippen LogP contribution in [0.1, 0.15) is 12.8 Å². The molecule has 2 atom stereocenters. The van der Waals surface area contributed by atoms with E-state index in [1.54, 1.807) is 0 Å². The highest BCUT2D eigenvalue weighted by atomic mass is 35.5. The summed E-state index contributed by atoms with van der Waals surface area (Å²) in [4.78, 5) is 4.99. The smallest absolute Gasteiger partial charge is 0.163 e. The van der Waals surface area contributed by atoms with Gasteiger partial charge < -0.3 is 14.4 Å². The van der Waals surface area contributed by atoms with Crippen molar-refractivity contribution in [2.24, 2.45) is 5.92 Å².